The number of nitrogens with one attached hydrogen (secondary N) is 3. The molecule has 3 heterocycles. The maximum atomic E-state index is 12.4. The zero-order valence-corrected chi connectivity index (χ0v) is 18.9. The third-order valence-corrected chi connectivity index (χ3v) is 5.76. The number of rotatable bonds is 7. The highest BCUT2D eigenvalue weighted by Crippen LogP contribution is 2.24. The number of hydrogen-bond acceptors (Lipinski definition) is 7. The van der Waals surface area contributed by atoms with Crippen molar-refractivity contribution in [1.82, 2.24) is 30.4 Å². The molecule has 1 fully saturated rings. The molecular weight excluding hydrogens is 416 g/mol. The van der Waals surface area contributed by atoms with Crippen molar-refractivity contribution in [1.29, 1.82) is 5.26 Å². The van der Waals surface area contributed by atoms with Crippen molar-refractivity contribution in [2.75, 3.05) is 18.4 Å². The van der Waals surface area contributed by atoms with E-state index < -0.39 is 6.04 Å². The van der Waals surface area contributed by atoms with Gasteiger partial charge in [-0.1, -0.05) is 19.1 Å². The molecule has 0 aliphatic carbocycles. The Labute approximate surface area is 193 Å². The summed E-state index contributed by atoms with van der Waals surface area (Å²) in [5.41, 5.74) is 3.93. The molecule has 1 aromatic carbocycles. The number of aromatic nitrogens is 4. The summed E-state index contributed by atoms with van der Waals surface area (Å²) in [6.45, 7) is 5.80. The number of amides is 1. The SMILES string of the molecule is CC[C@@H](C#N)NC(=O)c1ccc(-c2nc(Nc3cnn(C4CCCNC4)c3)ncc2C)cc1. The molecule has 3 N–H and O–H groups in total. The minimum absolute atomic E-state index is 0.262. The molecule has 0 saturated carbocycles. The average Bonchev–Trinajstić information content (AvgIpc) is 3.33. The Hall–Kier alpha value is -3.77. The monoisotopic (exact) mass is 444 g/mol. The van der Waals surface area contributed by atoms with Crippen molar-refractivity contribution in [2.45, 2.75) is 45.2 Å². The zero-order chi connectivity index (χ0) is 23.2. The van der Waals surface area contributed by atoms with Gasteiger partial charge in [0.1, 0.15) is 6.04 Å². The van der Waals surface area contributed by atoms with Crippen LogP contribution in [0.1, 0.15) is 48.1 Å². The van der Waals surface area contributed by atoms with Crippen LogP contribution < -0.4 is 16.0 Å². The van der Waals surface area contributed by atoms with Crippen LogP contribution in [0.2, 0.25) is 0 Å². The number of hydrogen-bond donors (Lipinski definition) is 3. The maximum absolute atomic E-state index is 12.4. The number of piperidine rings is 1. The molecular formula is C24H28N8O. The molecule has 33 heavy (non-hydrogen) atoms. The molecule has 9 heteroatoms. The molecule has 1 aliphatic rings. The summed E-state index contributed by atoms with van der Waals surface area (Å²) < 4.78 is 1.99. The number of carbonyl (C=O) groups excluding carboxylic acids is 1. The van der Waals surface area contributed by atoms with Gasteiger partial charge < -0.3 is 16.0 Å². The number of benzene rings is 1. The van der Waals surface area contributed by atoms with Crippen LogP contribution in [0, 0.1) is 18.3 Å². The Bertz CT molecular complexity index is 1140. The summed E-state index contributed by atoms with van der Waals surface area (Å²) in [6, 6.07) is 9.14. The van der Waals surface area contributed by atoms with E-state index in [2.05, 4.69) is 32.1 Å². The van der Waals surface area contributed by atoms with E-state index in [-0.39, 0.29) is 5.91 Å². The summed E-state index contributed by atoms with van der Waals surface area (Å²) in [5.74, 6) is 0.223. The first-order valence-corrected chi connectivity index (χ1v) is 11.2. The first kappa shape index (κ1) is 22.4. The third kappa shape index (κ3) is 5.35. The van der Waals surface area contributed by atoms with Gasteiger partial charge in [-0.25, -0.2) is 9.97 Å². The first-order chi connectivity index (χ1) is 16.1. The molecule has 1 unspecified atom stereocenters. The highest BCUT2D eigenvalue weighted by atomic mass is 16.1. The largest absolute Gasteiger partial charge is 0.336 e. The maximum Gasteiger partial charge on any atom is 0.252 e. The highest BCUT2D eigenvalue weighted by Gasteiger charge is 2.16. The van der Waals surface area contributed by atoms with Gasteiger partial charge in [0.05, 0.1) is 29.7 Å². The molecule has 0 radical (unpaired) electrons. The number of carbonyl (C=O) groups is 1. The van der Waals surface area contributed by atoms with Crippen molar-refractivity contribution >= 4 is 17.5 Å². The van der Waals surface area contributed by atoms with E-state index >= 15 is 0 Å². The average molecular weight is 445 g/mol. The highest BCUT2D eigenvalue weighted by molar-refractivity contribution is 5.95. The van der Waals surface area contributed by atoms with Gasteiger partial charge in [-0.05, 0) is 50.4 Å². The summed E-state index contributed by atoms with van der Waals surface area (Å²) >= 11 is 0. The molecule has 0 spiro atoms. The van der Waals surface area contributed by atoms with Crippen LogP contribution in [0.4, 0.5) is 11.6 Å². The molecule has 2 atom stereocenters. The van der Waals surface area contributed by atoms with E-state index in [9.17, 15) is 4.79 Å². The summed E-state index contributed by atoms with van der Waals surface area (Å²) in [4.78, 5) is 21.5. The molecule has 9 nitrogen and oxygen atoms in total. The third-order valence-electron chi connectivity index (χ3n) is 5.76. The Morgan fingerprint density at radius 2 is 2.15 bits per heavy atom. The van der Waals surface area contributed by atoms with Gasteiger partial charge >= 0.3 is 0 Å². The van der Waals surface area contributed by atoms with Gasteiger partial charge in [-0.3, -0.25) is 9.48 Å². The Balaban J connectivity index is 1.48. The Morgan fingerprint density at radius 3 is 2.85 bits per heavy atom. The van der Waals surface area contributed by atoms with Crippen LogP contribution in [0.5, 0.6) is 0 Å². The lowest BCUT2D eigenvalue weighted by atomic mass is 10.1. The summed E-state index contributed by atoms with van der Waals surface area (Å²) in [6.07, 6.45) is 8.37. The van der Waals surface area contributed by atoms with Gasteiger partial charge in [-0.15, -0.1) is 0 Å². The topological polar surface area (TPSA) is 121 Å². The van der Waals surface area contributed by atoms with Gasteiger partial charge in [0.25, 0.3) is 5.91 Å². The van der Waals surface area contributed by atoms with Gasteiger partial charge in [0, 0.05) is 30.1 Å². The van der Waals surface area contributed by atoms with Crippen molar-refractivity contribution < 1.29 is 4.79 Å². The van der Waals surface area contributed by atoms with Crippen LogP contribution in [-0.4, -0.2) is 44.8 Å². The fourth-order valence-corrected chi connectivity index (χ4v) is 3.83. The van der Waals surface area contributed by atoms with Crippen LogP contribution >= 0.6 is 0 Å². The molecule has 2 aromatic heterocycles. The van der Waals surface area contributed by atoms with Gasteiger partial charge in [0.15, 0.2) is 0 Å². The molecule has 1 amide bonds. The Kier molecular flexibility index (Phi) is 6.95. The number of anilines is 2. The normalized spacial score (nSPS) is 16.6. The van der Waals surface area contributed by atoms with E-state index in [4.69, 9.17) is 10.2 Å². The van der Waals surface area contributed by atoms with Gasteiger partial charge in [0.2, 0.25) is 5.95 Å². The van der Waals surface area contributed by atoms with Crippen LogP contribution in [-0.2, 0) is 0 Å². The fraction of sp³-hybridized carbons (Fsp3) is 0.375. The van der Waals surface area contributed by atoms with Crippen molar-refractivity contribution in [3.8, 4) is 17.3 Å². The number of nitrogens with zero attached hydrogens (tertiary/aromatic N) is 5. The van der Waals surface area contributed by atoms with Crippen molar-refractivity contribution in [2.24, 2.45) is 0 Å². The standard InChI is InChI=1S/C24H28N8O/c1-3-19(11-25)29-23(33)18-8-6-17(7-9-18)22-16(2)12-27-24(31-22)30-20-13-28-32(15-20)21-5-4-10-26-14-21/h6-9,12-13,15,19,21,26H,3-5,10,14H2,1-2H3,(H,29,33)(H,27,30,31)/t19-,21?/m0/s1. The van der Waals surface area contributed by atoms with Crippen LogP contribution in [0.15, 0.2) is 42.9 Å². The van der Waals surface area contributed by atoms with E-state index in [0.29, 0.717) is 24.0 Å². The second-order valence-corrected chi connectivity index (χ2v) is 8.20. The summed E-state index contributed by atoms with van der Waals surface area (Å²) in [7, 11) is 0. The summed E-state index contributed by atoms with van der Waals surface area (Å²) in [5, 5.41) is 22.9. The van der Waals surface area contributed by atoms with E-state index in [1.165, 1.54) is 0 Å². The fourth-order valence-electron chi connectivity index (χ4n) is 3.83. The van der Waals surface area contributed by atoms with E-state index in [1.807, 2.05) is 36.9 Å². The van der Waals surface area contributed by atoms with E-state index in [1.54, 1.807) is 24.5 Å². The van der Waals surface area contributed by atoms with Crippen LogP contribution in [0.25, 0.3) is 11.3 Å². The van der Waals surface area contributed by atoms with Crippen molar-refractivity contribution in [3.63, 3.8) is 0 Å². The quantitative estimate of drug-likeness (QED) is 0.511. The smallest absolute Gasteiger partial charge is 0.252 e. The molecule has 3 aromatic rings. The minimum Gasteiger partial charge on any atom is -0.336 e. The van der Waals surface area contributed by atoms with E-state index in [0.717, 1.165) is 48.4 Å². The predicted octanol–water partition coefficient (Wildman–Crippen LogP) is 3.35. The first-order valence-electron chi connectivity index (χ1n) is 11.2. The lowest BCUT2D eigenvalue weighted by molar-refractivity contribution is 0.0944. The molecule has 170 valence electrons. The zero-order valence-electron chi connectivity index (χ0n) is 18.9. The van der Waals surface area contributed by atoms with Gasteiger partial charge in [-0.2, -0.15) is 10.4 Å². The van der Waals surface area contributed by atoms with Crippen LogP contribution in [0.3, 0.4) is 0 Å². The number of aryl methyl sites for hydroxylation is 1. The lowest BCUT2D eigenvalue weighted by Gasteiger charge is -2.22. The Morgan fingerprint density at radius 1 is 1.33 bits per heavy atom. The molecule has 4 rings (SSSR count). The predicted molar refractivity (Wildman–Crippen MR) is 126 cm³/mol. The minimum atomic E-state index is -0.492. The lowest BCUT2D eigenvalue weighted by Crippen LogP contribution is -2.33. The molecule has 0 bridgehead atoms. The second kappa shape index (κ2) is 10.2. The van der Waals surface area contributed by atoms with Crippen molar-refractivity contribution in [3.05, 3.63) is 54.0 Å². The molecule has 1 saturated heterocycles. The second-order valence-electron chi connectivity index (χ2n) is 8.20. The molecule has 1 aliphatic heterocycles. The number of nitriles is 1.